The van der Waals surface area contributed by atoms with E-state index in [9.17, 15) is 4.79 Å². The van der Waals surface area contributed by atoms with Crippen molar-refractivity contribution in [2.45, 2.75) is 25.4 Å². The maximum absolute atomic E-state index is 11.7. The van der Waals surface area contributed by atoms with Gasteiger partial charge in [0, 0.05) is 24.6 Å². The molecule has 1 spiro atoms. The molecule has 0 radical (unpaired) electrons. The summed E-state index contributed by atoms with van der Waals surface area (Å²) in [6.45, 7) is 3.77. The van der Waals surface area contributed by atoms with Crippen LogP contribution >= 0.6 is 0 Å². The van der Waals surface area contributed by atoms with E-state index < -0.39 is 5.60 Å². The Bertz CT molecular complexity index is 450. The Morgan fingerprint density at radius 2 is 2.19 bits per heavy atom. The van der Waals surface area contributed by atoms with E-state index in [1.807, 2.05) is 13.0 Å². The number of rotatable bonds is 0. The number of hydrogen-bond acceptors (Lipinski definition) is 4. The normalized spacial score (nSPS) is 21.9. The zero-order valence-corrected chi connectivity index (χ0v) is 9.25. The van der Waals surface area contributed by atoms with Gasteiger partial charge in [-0.1, -0.05) is 0 Å². The highest BCUT2D eigenvalue weighted by molar-refractivity contribution is 5.92. The van der Waals surface area contributed by atoms with E-state index in [4.69, 9.17) is 4.74 Å². The molecule has 0 saturated carbocycles. The first-order valence-corrected chi connectivity index (χ1v) is 5.62. The number of nitrogens with zero attached hydrogens (tertiary/aromatic N) is 1. The maximum atomic E-state index is 11.7. The molecule has 3 heterocycles. The third-order valence-electron chi connectivity index (χ3n) is 3.41. The van der Waals surface area contributed by atoms with Crippen molar-refractivity contribution < 1.29 is 9.53 Å². The Labute approximate surface area is 94.0 Å². The molecule has 2 aliphatic heterocycles. The van der Waals surface area contributed by atoms with Crippen LogP contribution in [0, 0.1) is 6.92 Å². The van der Waals surface area contributed by atoms with Crippen LogP contribution in [0.2, 0.25) is 0 Å². The van der Waals surface area contributed by atoms with Crippen molar-refractivity contribution in [3.8, 4) is 0 Å². The highest BCUT2D eigenvalue weighted by atomic mass is 16.6. The number of esters is 1. The van der Waals surface area contributed by atoms with Gasteiger partial charge in [-0.25, -0.2) is 9.78 Å². The Balaban J connectivity index is 2.12. The van der Waals surface area contributed by atoms with Crippen molar-refractivity contribution in [3.63, 3.8) is 0 Å². The molecule has 2 aliphatic rings. The summed E-state index contributed by atoms with van der Waals surface area (Å²) in [5.74, 6) is -0.267. The molecule has 1 N–H and O–H groups in total. The van der Waals surface area contributed by atoms with Gasteiger partial charge >= 0.3 is 5.97 Å². The summed E-state index contributed by atoms with van der Waals surface area (Å²) in [5.41, 5.74) is 2.16. The van der Waals surface area contributed by atoms with Crippen molar-refractivity contribution in [1.82, 2.24) is 10.3 Å². The Morgan fingerprint density at radius 3 is 2.94 bits per heavy atom. The third kappa shape index (κ3) is 1.26. The molecule has 84 valence electrons. The van der Waals surface area contributed by atoms with E-state index in [2.05, 4.69) is 10.3 Å². The van der Waals surface area contributed by atoms with Gasteiger partial charge in [-0.05, 0) is 31.6 Å². The fourth-order valence-electron chi connectivity index (χ4n) is 2.56. The Morgan fingerprint density at radius 1 is 1.44 bits per heavy atom. The third-order valence-corrected chi connectivity index (χ3v) is 3.41. The molecule has 4 nitrogen and oxygen atoms in total. The van der Waals surface area contributed by atoms with Gasteiger partial charge in [-0.3, -0.25) is 0 Å². The van der Waals surface area contributed by atoms with Crippen molar-refractivity contribution in [2.75, 3.05) is 13.1 Å². The minimum Gasteiger partial charge on any atom is -0.449 e. The number of ether oxygens (including phenoxy) is 1. The van der Waals surface area contributed by atoms with Crippen LogP contribution in [0.5, 0.6) is 0 Å². The average Bonchev–Trinajstić information content (AvgIpc) is 2.53. The second-order valence-corrected chi connectivity index (χ2v) is 4.54. The van der Waals surface area contributed by atoms with E-state index in [1.165, 1.54) is 0 Å². The molecule has 3 rings (SSSR count). The van der Waals surface area contributed by atoms with Gasteiger partial charge in [0.05, 0.1) is 0 Å². The Kier molecular flexibility index (Phi) is 2.01. The number of hydrogen-bond donors (Lipinski definition) is 1. The summed E-state index contributed by atoms with van der Waals surface area (Å²) in [5, 5.41) is 3.28. The van der Waals surface area contributed by atoms with E-state index in [1.54, 1.807) is 6.20 Å². The number of piperidine rings is 1. The fourth-order valence-corrected chi connectivity index (χ4v) is 2.56. The standard InChI is InChI=1S/C12H14N2O2/c1-8-6-9-10(14-7-8)11(15)16-12(9)2-4-13-5-3-12/h6-7,13H,2-5H2,1H3. The van der Waals surface area contributed by atoms with Gasteiger partial charge < -0.3 is 10.1 Å². The first-order chi connectivity index (χ1) is 7.71. The molecule has 0 unspecified atom stereocenters. The average molecular weight is 218 g/mol. The summed E-state index contributed by atoms with van der Waals surface area (Å²) in [6.07, 6.45) is 3.41. The molecule has 0 aromatic carbocycles. The zero-order chi connectivity index (χ0) is 11.2. The quantitative estimate of drug-likeness (QED) is 0.663. The highest BCUT2D eigenvalue weighted by Crippen LogP contribution is 2.42. The van der Waals surface area contributed by atoms with E-state index in [0.717, 1.165) is 37.1 Å². The summed E-state index contributed by atoms with van der Waals surface area (Å²) < 4.78 is 5.57. The molecule has 0 atom stereocenters. The van der Waals surface area contributed by atoms with Crippen molar-refractivity contribution in [2.24, 2.45) is 0 Å². The van der Waals surface area contributed by atoms with Crippen LogP contribution in [-0.4, -0.2) is 24.0 Å². The fraction of sp³-hybridized carbons (Fsp3) is 0.500. The first-order valence-electron chi connectivity index (χ1n) is 5.62. The topological polar surface area (TPSA) is 51.2 Å². The molecular formula is C12H14N2O2. The molecule has 0 amide bonds. The molecule has 4 heteroatoms. The minimum atomic E-state index is -0.406. The van der Waals surface area contributed by atoms with Gasteiger partial charge in [-0.15, -0.1) is 0 Å². The second-order valence-electron chi connectivity index (χ2n) is 4.54. The number of fused-ring (bicyclic) bond motifs is 2. The van der Waals surface area contributed by atoms with Crippen LogP contribution in [0.4, 0.5) is 0 Å². The summed E-state index contributed by atoms with van der Waals surface area (Å²) in [4.78, 5) is 15.9. The van der Waals surface area contributed by atoms with Gasteiger partial charge in [0.15, 0.2) is 5.69 Å². The number of pyridine rings is 1. The monoisotopic (exact) mass is 218 g/mol. The van der Waals surface area contributed by atoms with Crippen LogP contribution < -0.4 is 5.32 Å². The predicted octanol–water partition coefficient (Wildman–Crippen LogP) is 1.14. The van der Waals surface area contributed by atoms with Crippen LogP contribution in [0.1, 0.15) is 34.5 Å². The van der Waals surface area contributed by atoms with Gasteiger partial charge in [0.2, 0.25) is 0 Å². The van der Waals surface area contributed by atoms with Crippen LogP contribution in [0.25, 0.3) is 0 Å². The summed E-state index contributed by atoms with van der Waals surface area (Å²) in [7, 11) is 0. The SMILES string of the molecule is Cc1cnc2c(c1)C1(CCNCC1)OC2=O. The first kappa shape index (κ1) is 9.78. The van der Waals surface area contributed by atoms with Gasteiger partial charge in [0.1, 0.15) is 5.60 Å². The molecule has 16 heavy (non-hydrogen) atoms. The summed E-state index contributed by atoms with van der Waals surface area (Å²) >= 11 is 0. The maximum Gasteiger partial charge on any atom is 0.358 e. The van der Waals surface area contributed by atoms with E-state index in [0.29, 0.717) is 5.69 Å². The lowest BCUT2D eigenvalue weighted by molar-refractivity contribution is -0.0243. The molecule has 1 saturated heterocycles. The van der Waals surface area contributed by atoms with Crippen molar-refractivity contribution >= 4 is 5.97 Å². The molecular weight excluding hydrogens is 204 g/mol. The number of aryl methyl sites for hydroxylation is 1. The summed E-state index contributed by atoms with van der Waals surface area (Å²) in [6, 6.07) is 2.04. The van der Waals surface area contributed by atoms with Gasteiger partial charge in [-0.2, -0.15) is 0 Å². The molecule has 0 aliphatic carbocycles. The van der Waals surface area contributed by atoms with E-state index in [-0.39, 0.29) is 5.97 Å². The number of carbonyl (C=O) groups is 1. The molecule has 1 aromatic heterocycles. The van der Waals surface area contributed by atoms with Gasteiger partial charge in [0.25, 0.3) is 0 Å². The lowest BCUT2D eigenvalue weighted by atomic mass is 9.85. The second kappa shape index (κ2) is 3.28. The molecule has 1 aromatic rings. The Hall–Kier alpha value is -1.42. The lowest BCUT2D eigenvalue weighted by Gasteiger charge is -2.32. The molecule has 0 bridgehead atoms. The predicted molar refractivity (Wildman–Crippen MR) is 58.2 cm³/mol. The smallest absolute Gasteiger partial charge is 0.358 e. The van der Waals surface area contributed by atoms with Crippen LogP contribution in [0.15, 0.2) is 12.3 Å². The highest BCUT2D eigenvalue weighted by Gasteiger charge is 2.46. The number of nitrogens with one attached hydrogen (secondary N) is 1. The van der Waals surface area contributed by atoms with E-state index >= 15 is 0 Å². The van der Waals surface area contributed by atoms with Crippen molar-refractivity contribution in [3.05, 3.63) is 29.1 Å². The largest absolute Gasteiger partial charge is 0.449 e. The number of aromatic nitrogens is 1. The lowest BCUT2D eigenvalue weighted by Crippen LogP contribution is -2.40. The number of carbonyl (C=O) groups excluding carboxylic acids is 1. The van der Waals surface area contributed by atoms with Crippen LogP contribution in [0.3, 0.4) is 0 Å². The zero-order valence-electron chi connectivity index (χ0n) is 9.25. The molecule has 1 fully saturated rings. The minimum absolute atomic E-state index is 0.267. The van der Waals surface area contributed by atoms with Crippen molar-refractivity contribution in [1.29, 1.82) is 0 Å². The van der Waals surface area contributed by atoms with Crippen LogP contribution in [-0.2, 0) is 10.3 Å².